The van der Waals surface area contributed by atoms with Crippen molar-refractivity contribution < 1.29 is 28.5 Å². The van der Waals surface area contributed by atoms with E-state index in [1.807, 2.05) is 0 Å². The smallest absolute Gasteiger partial charge is 0.310 e. The Bertz CT molecular complexity index is 1110. The normalized spacial score (nSPS) is 48.9. The second-order valence-electron chi connectivity index (χ2n) is 12.0. The fourth-order valence-electron chi connectivity index (χ4n) is 9.71. The summed E-state index contributed by atoms with van der Waals surface area (Å²) in [4.78, 5) is 25.3. The Balaban J connectivity index is 1.31. The molecule has 7 rings (SSSR count). The van der Waals surface area contributed by atoms with Crippen molar-refractivity contribution in [1.29, 1.82) is 0 Å². The van der Waals surface area contributed by atoms with Crippen LogP contribution in [0.2, 0.25) is 0 Å². The van der Waals surface area contributed by atoms with Gasteiger partial charge >= 0.3 is 11.9 Å². The van der Waals surface area contributed by atoms with Gasteiger partial charge in [0, 0.05) is 36.7 Å². The van der Waals surface area contributed by atoms with E-state index < -0.39 is 5.79 Å². The van der Waals surface area contributed by atoms with Crippen LogP contribution in [0.15, 0.2) is 36.4 Å². The van der Waals surface area contributed by atoms with Crippen LogP contribution >= 0.6 is 0 Å². The Morgan fingerprint density at radius 3 is 2.69 bits per heavy atom. The highest BCUT2D eigenvalue weighted by Crippen LogP contribution is 2.76. The molecule has 5 fully saturated rings. The summed E-state index contributed by atoms with van der Waals surface area (Å²) in [5, 5.41) is 0. The third-order valence-electron chi connectivity index (χ3n) is 10.8. The van der Waals surface area contributed by atoms with E-state index in [0.29, 0.717) is 6.61 Å². The van der Waals surface area contributed by atoms with Crippen molar-refractivity contribution >= 4 is 17.5 Å². The summed E-state index contributed by atoms with van der Waals surface area (Å²) in [5.41, 5.74) is 2.04. The number of cyclic esters (lactones) is 1. The van der Waals surface area contributed by atoms with Crippen molar-refractivity contribution in [1.82, 2.24) is 0 Å². The van der Waals surface area contributed by atoms with Crippen molar-refractivity contribution in [2.24, 2.45) is 40.4 Å². The Morgan fingerprint density at radius 1 is 1.14 bits per heavy atom. The number of carbonyl (C=O) groups is 2. The van der Waals surface area contributed by atoms with Crippen molar-refractivity contribution in [3.63, 3.8) is 0 Å². The van der Waals surface area contributed by atoms with Gasteiger partial charge in [-0.15, -0.1) is 0 Å². The molecule has 6 nitrogen and oxygen atoms in total. The average molecular weight is 479 g/mol. The predicted molar refractivity (Wildman–Crippen MR) is 127 cm³/mol. The maximum absolute atomic E-state index is 13.6. The molecule has 0 amide bonds. The number of hydrogen-bond acceptors (Lipinski definition) is 6. The summed E-state index contributed by atoms with van der Waals surface area (Å²) >= 11 is 0. The van der Waals surface area contributed by atoms with Gasteiger partial charge < -0.3 is 18.9 Å². The number of benzene rings is 1. The fourth-order valence-corrected chi connectivity index (χ4v) is 9.71. The monoisotopic (exact) mass is 478 g/mol. The molecule has 0 aromatic heterocycles. The molecule has 2 saturated heterocycles. The van der Waals surface area contributed by atoms with E-state index in [2.05, 4.69) is 43.3 Å². The summed E-state index contributed by atoms with van der Waals surface area (Å²) in [6, 6.07) is 10.6. The van der Waals surface area contributed by atoms with Crippen LogP contribution in [0, 0.1) is 40.4 Å². The van der Waals surface area contributed by atoms with Gasteiger partial charge in [-0.25, -0.2) is 0 Å². The number of carbonyl (C=O) groups excluding carboxylic acids is 2. The first kappa shape index (κ1) is 22.1. The topological polar surface area (TPSA) is 71.1 Å². The molecular formula is C29H34O6. The minimum Gasteiger partial charge on any atom is -0.465 e. The van der Waals surface area contributed by atoms with Gasteiger partial charge in [0.15, 0.2) is 5.79 Å². The lowest BCUT2D eigenvalue weighted by atomic mass is 9.44. The summed E-state index contributed by atoms with van der Waals surface area (Å²) in [6.07, 6.45) is 6.43. The molecule has 6 heteroatoms. The van der Waals surface area contributed by atoms with E-state index in [4.69, 9.17) is 18.9 Å². The largest absolute Gasteiger partial charge is 0.465 e. The van der Waals surface area contributed by atoms with Gasteiger partial charge in [0.05, 0.1) is 18.6 Å². The molecule has 2 aliphatic heterocycles. The third-order valence-corrected chi connectivity index (χ3v) is 10.8. The first-order valence-electron chi connectivity index (χ1n) is 13.2. The van der Waals surface area contributed by atoms with E-state index in [0.717, 1.165) is 32.1 Å². The zero-order valence-corrected chi connectivity index (χ0v) is 20.7. The van der Waals surface area contributed by atoms with Gasteiger partial charge in [-0.2, -0.15) is 0 Å². The standard InChI is InChI=1S/C29H34O6/c1-16(30)34-20-9-10-28-15-33-26(31)25(28)27(2)23(14-18(28)11-20)35-29(32-3)19-12-21(22(13-19)24(27)29)17-7-5-4-6-8-17/h4-8,12,18-20,22-25H,9-11,13-15H2,1-3H3/t18-,19-,20+,22-,23-,24-,25+,27+,28-,29-/m1/s1. The highest BCUT2D eigenvalue weighted by molar-refractivity contribution is 5.79. The molecule has 6 aliphatic rings. The number of rotatable bonds is 3. The highest BCUT2D eigenvalue weighted by Gasteiger charge is 2.80. The molecule has 4 aliphatic carbocycles. The molecule has 3 saturated carbocycles. The van der Waals surface area contributed by atoms with Gasteiger partial charge in [-0.1, -0.05) is 43.3 Å². The van der Waals surface area contributed by atoms with Crippen LogP contribution in [-0.2, 0) is 28.5 Å². The van der Waals surface area contributed by atoms with E-state index in [1.165, 1.54) is 18.1 Å². The molecule has 0 radical (unpaired) electrons. The number of hydrogen-bond donors (Lipinski definition) is 0. The van der Waals surface area contributed by atoms with Crippen molar-refractivity contribution in [3.8, 4) is 0 Å². The van der Waals surface area contributed by atoms with E-state index in [-0.39, 0.29) is 64.6 Å². The van der Waals surface area contributed by atoms with Crippen molar-refractivity contribution in [3.05, 3.63) is 42.0 Å². The maximum Gasteiger partial charge on any atom is 0.310 e. The van der Waals surface area contributed by atoms with Crippen molar-refractivity contribution in [2.75, 3.05) is 13.7 Å². The number of allylic oxidation sites excluding steroid dienone is 1. The zero-order chi connectivity index (χ0) is 24.2. The molecule has 0 unspecified atom stereocenters. The maximum atomic E-state index is 13.6. The third kappa shape index (κ3) is 2.63. The van der Waals surface area contributed by atoms with Crippen LogP contribution in [0.3, 0.4) is 0 Å². The Hall–Kier alpha value is -2.18. The van der Waals surface area contributed by atoms with Gasteiger partial charge in [0.1, 0.15) is 6.10 Å². The molecule has 1 aromatic carbocycles. The quantitative estimate of drug-likeness (QED) is 0.601. The summed E-state index contributed by atoms with van der Waals surface area (Å²) in [6.45, 7) is 4.24. The SMILES string of the molecule is CO[C@]12O[C@@H]3C[C@H]4C[C@@H](OC(C)=O)CC[C@@]45COC(=O)[C@H]5[C@]3(C)[C@H]1[C@@H]1C[C@H]2C=C1c1ccccc1. The molecule has 1 spiro atoms. The van der Waals surface area contributed by atoms with Crippen molar-refractivity contribution in [2.45, 2.75) is 63.9 Å². The Labute approximate surface area is 206 Å². The zero-order valence-electron chi connectivity index (χ0n) is 20.7. The number of methoxy groups -OCH3 is 1. The van der Waals surface area contributed by atoms with Gasteiger partial charge in [0.25, 0.3) is 0 Å². The highest BCUT2D eigenvalue weighted by atomic mass is 16.7. The summed E-state index contributed by atoms with van der Waals surface area (Å²) in [7, 11) is 1.77. The van der Waals surface area contributed by atoms with E-state index >= 15 is 0 Å². The van der Waals surface area contributed by atoms with Gasteiger partial charge in [-0.05, 0) is 55.1 Å². The number of esters is 2. The van der Waals surface area contributed by atoms with E-state index in [1.54, 1.807) is 7.11 Å². The average Bonchev–Trinajstić information content (AvgIpc) is 3.56. The molecule has 2 bridgehead atoms. The van der Waals surface area contributed by atoms with Crippen LogP contribution in [0.5, 0.6) is 0 Å². The lowest BCUT2D eigenvalue weighted by molar-refractivity contribution is -0.244. The van der Waals surface area contributed by atoms with Gasteiger partial charge in [-0.3, -0.25) is 9.59 Å². The fraction of sp³-hybridized carbons (Fsp3) is 0.655. The predicted octanol–water partition coefficient (Wildman–Crippen LogP) is 4.38. The summed E-state index contributed by atoms with van der Waals surface area (Å²) < 4.78 is 24.8. The minimum atomic E-state index is -0.699. The second kappa shape index (κ2) is 7.19. The lowest BCUT2D eigenvalue weighted by Gasteiger charge is -2.57. The Kier molecular flexibility index (Phi) is 4.53. The molecule has 186 valence electrons. The van der Waals surface area contributed by atoms with Crippen LogP contribution in [0.4, 0.5) is 0 Å². The van der Waals surface area contributed by atoms with Crippen LogP contribution in [-0.4, -0.2) is 43.7 Å². The number of fused-ring (bicyclic) bond motifs is 8. The van der Waals surface area contributed by atoms with Gasteiger partial charge in [0.2, 0.25) is 0 Å². The Morgan fingerprint density at radius 2 is 1.94 bits per heavy atom. The van der Waals surface area contributed by atoms with Crippen LogP contribution < -0.4 is 0 Å². The first-order chi connectivity index (χ1) is 16.8. The number of ether oxygens (including phenoxy) is 4. The molecule has 1 aromatic rings. The molecule has 10 atom stereocenters. The summed E-state index contributed by atoms with van der Waals surface area (Å²) in [5.74, 6) is -0.456. The molecule has 35 heavy (non-hydrogen) atoms. The lowest BCUT2D eigenvalue weighted by Crippen LogP contribution is -2.60. The van der Waals surface area contributed by atoms with Crippen LogP contribution in [0.25, 0.3) is 5.57 Å². The molecule has 0 N–H and O–H groups in total. The minimum absolute atomic E-state index is 0.0725. The van der Waals surface area contributed by atoms with E-state index in [9.17, 15) is 9.59 Å². The second-order valence-corrected chi connectivity index (χ2v) is 12.0. The van der Waals surface area contributed by atoms with Crippen LogP contribution in [0.1, 0.15) is 51.5 Å². The molecule has 2 heterocycles. The molecular weight excluding hydrogens is 444 g/mol. The first-order valence-corrected chi connectivity index (χ1v) is 13.2.